The SMILES string of the molecule is Cc1cnc(C(=O)Nc2cccc(Oc3ccc4nc(NC(=O)C5CC5)cn4c3)c2)cn1. The molecule has 1 aliphatic rings. The molecule has 4 aromatic rings. The molecule has 0 atom stereocenters. The fourth-order valence-electron chi connectivity index (χ4n) is 3.14. The first-order valence-electron chi connectivity index (χ1n) is 10.2. The first kappa shape index (κ1) is 19.7. The smallest absolute Gasteiger partial charge is 0.275 e. The van der Waals surface area contributed by atoms with Gasteiger partial charge in [-0.15, -0.1) is 0 Å². The molecule has 1 aliphatic carbocycles. The Morgan fingerprint density at radius 2 is 1.91 bits per heavy atom. The second kappa shape index (κ2) is 8.10. The van der Waals surface area contributed by atoms with E-state index in [2.05, 4.69) is 25.6 Å². The highest BCUT2D eigenvalue weighted by Gasteiger charge is 2.30. The third-order valence-corrected chi connectivity index (χ3v) is 4.96. The molecule has 0 unspecified atom stereocenters. The van der Waals surface area contributed by atoms with Gasteiger partial charge in [-0.3, -0.25) is 14.6 Å². The maximum absolute atomic E-state index is 12.4. The predicted molar refractivity (Wildman–Crippen MR) is 118 cm³/mol. The minimum Gasteiger partial charge on any atom is -0.456 e. The highest BCUT2D eigenvalue weighted by molar-refractivity contribution is 6.02. The Hall–Kier alpha value is -4.27. The van der Waals surface area contributed by atoms with Crippen LogP contribution >= 0.6 is 0 Å². The van der Waals surface area contributed by atoms with Gasteiger partial charge in [-0.05, 0) is 44.0 Å². The van der Waals surface area contributed by atoms with Crippen molar-refractivity contribution < 1.29 is 14.3 Å². The number of imidazole rings is 1. The Bertz CT molecular complexity index is 1310. The molecule has 9 heteroatoms. The molecule has 0 saturated heterocycles. The third-order valence-electron chi connectivity index (χ3n) is 4.96. The van der Waals surface area contributed by atoms with Crippen molar-refractivity contribution in [2.45, 2.75) is 19.8 Å². The van der Waals surface area contributed by atoms with Crippen molar-refractivity contribution in [1.29, 1.82) is 0 Å². The molecular weight excluding hydrogens is 408 g/mol. The lowest BCUT2D eigenvalue weighted by Gasteiger charge is -2.09. The molecule has 2 N–H and O–H groups in total. The number of rotatable bonds is 6. The number of nitrogens with one attached hydrogen (secondary N) is 2. The molecule has 1 fully saturated rings. The number of aryl methyl sites for hydroxylation is 1. The number of anilines is 2. The summed E-state index contributed by atoms with van der Waals surface area (Å²) in [5, 5.41) is 5.64. The minimum atomic E-state index is -0.352. The van der Waals surface area contributed by atoms with Gasteiger partial charge in [-0.2, -0.15) is 0 Å². The first-order valence-corrected chi connectivity index (χ1v) is 10.2. The number of aromatic nitrogens is 4. The lowest BCUT2D eigenvalue weighted by atomic mass is 10.3. The molecule has 0 aliphatic heterocycles. The zero-order valence-corrected chi connectivity index (χ0v) is 17.3. The van der Waals surface area contributed by atoms with Crippen LogP contribution in [-0.4, -0.2) is 31.2 Å². The number of ether oxygens (including phenoxy) is 1. The van der Waals surface area contributed by atoms with E-state index in [0.29, 0.717) is 28.7 Å². The summed E-state index contributed by atoms with van der Waals surface area (Å²) in [6.07, 6.45) is 8.39. The molecular formula is C23H20N6O3. The minimum absolute atomic E-state index is 0.0142. The quantitative estimate of drug-likeness (QED) is 0.483. The number of hydrogen-bond acceptors (Lipinski definition) is 6. The number of carbonyl (C=O) groups is 2. The lowest BCUT2D eigenvalue weighted by Crippen LogP contribution is -2.14. The normalized spacial score (nSPS) is 13.0. The van der Waals surface area contributed by atoms with Crippen LogP contribution in [0.4, 0.5) is 11.5 Å². The van der Waals surface area contributed by atoms with Crippen LogP contribution in [0.25, 0.3) is 5.65 Å². The summed E-state index contributed by atoms with van der Waals surface area (Å²) >= 11 is 0. The molecule has 1 aromatic carbocycles. The molecule has 3 aromatic heterocycles. The first-order chi connectivity index (χ1) is 15.5. The van der Waals surface area contributed by atoms with Crippen LogP contribution in [-0.2, 0) is 4.79 Å². The van der Waals surface area contributed by atoms with Crippen LogP contribution in [0, 0.1) is 12.8 Å². The average molecular weight is 428 g/mol. The molecule has 160 valence electrons. The molecule has 3 heterocycles. The van der Waals surface area contributed by atoms with Crippen molar-refractivity contribution in [3.63, 3.8) is 0 Å². The summed E-state index contributed by atoms with van der Waals surface area (Å²) in [4.78, 5) is 36.9. The van der Waals surface area contributed by atoms with Crippen molar-refractivity contribution in [2.75, 3.05) is 10.6 Å². The topological polar surface area (TPSA) is 111 Å². The maximum atomic E-state index is 12.4. The van der Waals surface area contributed by atoms with E-state index in [1.807, 2.05) is 13.0 Å². The second-order valence-corrected chi connectivity index (χ2v) is 7.65. The van der Waals surface area contributed by atoms with Gasteiger partial charge < -0.3 is 19.8 Å². The van der Waals surface area contributed by atoms with E-state index in [-0.39, 0.29) is 23.4 Å². The monoisotopic (exact) mass is 428 g/mol. The predicted octanol–water partition coefficient (Wildman–Crippen LogP) is 3.83. The van der Waals surface area contributed by atoms with E-state index >= 15 is 0 Å². The molecule has 2 amide bonds. The zero-order chi connectivity index (χ0) is 22.1. The van der Waals surface area contributed by atoms with Gasteiger partial charge in [-0.25, -0.2) is 9.97 Å². The maximum Gasteiger partial charge on any atom is 0.275 e. The van der Waals surface area contributed by atoms with Crippen molar-refractivity contribution in [3.05, 3.63) is 72.6 Å². The molecule has 0 spiro atoms. The number of hydrogen-bond donors (Lipinski definition) is 2. The number of amides is 2. The van der Waals surface area contributed by atoms with E-state index in [9.17, 15) is 9.59 Å². The van der Waals surface area contributed by atoms with Gasteiger partial charge in [0, 0.05) is 23.9 Å². The Morgan fingerprint density at radius 1 is 1.03 bits per heavy atom. The molecule has 32 heavy (non-hydrogen) atoms. The van der Waals surface area contributed by atoms with E-state index in [1.165, 1.54) is 6.20 Å². The summed E-state index contributed by atoms with van der Waals surface area (Å²) in [5.74, 6) is 1.44. The summed E-state index contributed by atoms with van der Waals surface area (Å²) in [5.41, 5.74) is 2.24. The second-order valence-electron chi connectivity index (χ2n) is 7.65. The lowest BCUT2D eigenvalue weighted by molar-refractivity contribution is -0.117. The Kier molecular flexibility index (Phi) is 4.98. The van der Waals surface area contributed by atoms with Crippen LogP contribution in [0.1, 0.15) is 29.0 Å². The Morgan fingerprint density at radius 3 is 2.69 bits per heavy atom. The molecule has 0 bridgehead atoms. The third kappa shape index (κ3) is 4.41. The van der Waals surface area contributed by atoms with Crippen molar-refractivity contribution in [1.82, 2.24) is 19.4 Å². The van der Waals surface area contributed by atoms with Crippen LogP contribution in [0.15, 0.2) is 61.2 Å². The van der Waals surface area contributed by atoms with Gasteiger partial charge in [-0.1, -0.05) is 6.07 Å². The number of pyridine rings is 1. The highest BCUT2D eigenvalue weighted by Crippen LogP contribution is 2.30. The average Bonchev–Trinajstić information content (AvgIpc) is 3.55. The number of benzene rings is 1. The van der Waals surface area contributed by atoms with Gasteiger partial charge in [0.05, 0.1) is 24.3 Å². The Balaban J connectivity index is 1.28. The highest BCUT2D eigenvalue weighted by atomic mass is 16.5. The molecule has 9 nitrogen and oxygen atoms in total. The molecule has 5 rings (SSSR count). The van der Waals surface area contributed by atoms with Gasteiger partial charge in [0.2, 0.25) is 5.91 Å². The van der Waals surface area contributed by atoms with Crippen LogP contribution < -0.4 is 15.4 Å². The van der Waals surface area contributed by atoms with Crippen molar-refractivity contribution in [2.24, 2.45) is 5.92 Å². The van der Waals surface area contributed by atoms with Crippen molar-refractivity contribution >= 4 is 29.0 Å². The van der Waals surface area contributed by atoms with E-state index in [0.717, 1.165) is 18.5 Å². The fraction of sp³-hybridized carbons (Fsp3) is 0.174. The molecule has 0 radical (unpaired) electrons. The van der Waals surface area contributed by atoms with Crippen LogP contribution in [0.5, 0.6) is 11.5 Å². The van der Waals surface area contributed by atoms with Gasteiger partial charge in [0.1, 0.15) is 22.8 Å². The summed E-state index contributed by atoms with van der Waals surface area (Å²) in [7, 11) is 0. The summed E-state index contributed by atoms with van der Waals surface area (Å²) in [6.45, 7) is 1.81. The standard InChI is InChI=1S/C23H20N6O3/c1-14-10-25-19(11-24-14)23(31)26-16-3-2-4-17(9-16)32-18-7-8-21-27-20(13-29(21)12-18)28-22(30)15-5-6-15/h2-4,7-13,15H,5-6H2,1H3,(H,26,31)(H,28,30). The van der Waals surface area contributed by atoms with Gasteiger partial charge >= 0.3 is 0 Å². The van der Waals surface area contributed by atoms with E-state index in [4.69, 9.17) is 4.74 Å². The van der Waals surface area contributed by atoms with E-state index < -0.39 is 0 Å². The number of fused-ring (bicyclic) bond motifs is 1. The van der Waals surface area contributed by atoms with Gasteiger partial charge in [0.15, 0.2) is 5.82 Å². The van der Waals surface area contributed by atoms with Crippen LogP contribution in [0.3, 0.4) is 0 Å². The van der Waals surface area contributed by atoms with Crippen molar-refractivity contribution in [3.8, 4) is 11.5 Å². The largest absolute Gasteiger partial charge is 0.456 e. The number of carbonyl (C=O) groups excluding carboxylic acids is 2. The fourth-order valence-corrected chi connectivity index (χ4v) is 3.14. The summed E-state index contributed by atoms with van der Waals surface area (Å²) < 4.78 is 7.74. The number of nitrogens with zero attached hydrogens (tertiary/aromatic N) is 4. The molecule has 1 saturated carbocycles. The Labute approximate surface area is 183 Å². The van der Waals surface area contributed by atoms with E-state index in [1.54, 1.807) is 53.3 Å². The van der Waals surface area contributed by atoms with Gasteiger partial charge in [0.25, 0.3) is 5.91 Å². The zero-order valence-electron chi connectivity index (χ0n) is 17.3. The van der Waals surface area contributed by atoms with Crippen LogP contribution in [0.2, 0.25) is 0 Å². The summed E-state index contributed by atoms with van der Waals surface area (Å²) in [6, 6.07) is 10.7.